The molecule has 2 aliphatic heterocycles. The van der Waals surface area contributed by atoms with E-state index in [1.54, 1.807) is 19.1 Å². The lowest BCUT2D eigenvalue weighted by atomic mass is 9.89. The number of aromatic nitrogens is 1. The minimum absolute atomic E-state index is 0.0155. The third-order valence-electron chi connectivity index (χ3n) is 6.49. The van der Waals surface area contributed by atoms with Crippen LogP contribution >= 0.6 is 0 Å². The highest BCUT2D eigenvalue weighted by atomic mass is 19.1. The normalized spacial score (nSPS) is 22.2. The number of nitrogens with one attached hydrogen (secondary N) is 2. The van der Waals surface area contributed by atoms with Crippen molar-refractivity contribution >= 4 is 17.5 Å². The summed E-state index contributed by atoms with van der Waals surface area (Å²) in [4.78, 5) is 27.9. The average molecular weight is 479 g/mol. The van der Waals surface area contributed by atoms with Crippen LogP contribution in [0.1, 0.15) is 33.8 Å². The van der Waals surface area contributed by atoms with Gasteiger partial charge in [0.05, 0.1) is 23.1 Å². The Kier molecular flexibility index (Phi) is 5.75. The fraction of sp³-hybridized carbons (Fsp3) is 0.292. The zero-order valence-electron chi connectivity index (χ0n) is 18.9. The van der Waals surface area contributed by atoms with E-state index < -0.39 is 35.4 Å². The van der Waals surface area contributed by atoms with E-state index in [0.717, 1.165) is 10.7 Å². The average Bonchev–Trinajstić information content (AvgIpc) is 3.49. The van der Waals surface area contributed by atoms with Crippen molar-refractivity contribution in [2.75, 3.05) is 12.0 Å². The lowest BCUT2D eigenvalue weighted by Gasteiger charge is -2.39. The molecule has 0 aliphatic carbocycles. The Morgan fingerprint density at radius 3 is 2.86 bits per heavy atom. The first-order chi connectivity index (χ1) is 16.8. The van der Waals surface area contributed by atoms with Gasteiger partial charge in [0.2, 0.25) is 11.7 Å². The maximum absolute atomic E-state index is 13.8. The number of benzene rings is 2. The first-order valence-corrected chi connectivity index (χ1v) is 11.1. The second kappa shape index (κ2) is 8.77. The van der Waals surface area contributed by atoms with Gasteiger partial charge >= 0.3 is 0 Å². The van der Waals surface area contributed by atoms with E-state index in [9.17, 15) is 19.2 Å². The smallest absolute Gasteiger partial charge is 0.290 e. The minimum atomic E-state index is -1.08. The van der Waals surface area contributed by atoms with Crippen LogP contribution in [0.3, 0.4) is 0 Å². The summed E-state index contributed by atoms with van der Waals surface area (Å²) in [6, 6.07) is 13.4. The van der Waals surface area contributed by atoms with E-state index in [1.165, 1.54) is 29.2 Å². The summed E-state index contributed by atoms with van der Waals surface area (Å²) >= 11 is 0. The molecule has 2 amide bonds. The van der Waals surface area contributed by atoms with Crippen molar-refractivity contribution in [2.45, 2.75) is 37.5 Å². The first-order valence-electron chi connectivity index (χ1n) is 11.1. The third kappa shape index (κ3) is 4.14. The number of nitrogens with two attached hydrogens (primary N) is 1. The predicted octanol–water partition coefficient (Wildman–Crippen LogP) is 2.02. The number of anilines is 1. The van der Waals surface area contributed by atoms with E-state index in [0.29, 0.717) is 16.9 Å². The number of hydrogen-bond donors (Lipinski definition) is 3. The van der Waals surface area contributed by atoms with Gasteiger partial charge in [-0.15, -0.1) is 0 Å². The molecular formula is C24H24FN6O4-. The molecule has 0 unspecified atom stereocenters. The summed E-state index contributed by atoms with van der Waals surface area (Å²) < 4.78 is 18.8. The van der Waals surface area contributed by atoms with Gasteiger partial charge in [-0.2, -0.15) is 0 Å². The number of hydrogen-bond acceptors (Lipinski definition) is 8. The molecular weight excluding hydrogens is 455 g/mol. The Morgan fingerprint density at radius 2 is 2.11 bits per heavy atom. The molecule has 0 bridgehead atoms. The van der Waals surface area contributed by atoms with E-state index in [2.05, 4.69) is 15.9 Å². The molecule has 182 valence electrons. The molecule has 0 saturated carbocycles. The maximum atomic E-state index is 13.8. The summed E-state index contributed by atoms with van der Waals surface area (Å²) in [5.41, 5.74) is 10.5. The van der Waals surface area contributed by atoms with Gasteiger partial charge in [0, 0.05) is 25.5 Å². The minimum Gasteiger partial charge on any atom is -0.767 e. The Balaban J connectivity index is 1.43. The predicted molar refractivity (Wildman–Crippen MR) is 124 cm³/mol. The quantitative estimate of drug-likeness (QED) is 0.505. The summed E-state index contributed by atoms with van der Waals surface area (Å²) in [7, 11) is 0. The molecule has 1 fully saturated rings. The van der Waals surface area contributed by atoms with Gasteiger partial charge in [-0.3, -0.25) is 14.8 Å². The number of fused-ring (bicyclic) bond motifs is 2. The summed E-state index contributed by atoms with van der Waals surface area (Å²) in [6.45, 7) is 1.69. The molecule has 0 radical (unpaired) electrons. The monoisotopic (exact) mass is 479 g/mol. The van der Waals surface area contributed by atoms with Gasteiger partial charge in [-0.1, -0.05) is 35.5 Å². The number of rotatable bonds is 5. The molecule has 10 nitrogen and oxygen atoms in total. The van der Waals surface area contributed by atoms with Gasteiger partial charge in [-0.25, -0.2) is 4.39 Å². The van der Waals surface area contributed by atoms with Crippen LogP contribution in [0.5, 0.6) is 0 Å². The SMILES string of the molecule is Cc1cc(C(=O)N[C@@H](Cc2cccc(F)c2)C(=O)N2C[C@@]3(C[C@H]2N)c2ccccc2NN3[O-])on1. The summed E-state index contributed by atoms with van der Waals surface area (Å²) in [6.07, 6.45) is -0.554. The molecule has 4 N–H and O–H groups in total. The van der Waals surface area contributed by atoms with Crippen LogP contribution in [-0.2, 0) is 16.8 Å². The molecule has 5 rings (SSSR count). The Bertz CT molecular complexity index is 1280. The second-order valence-corrected chi connectivity index (χ2v) is 8.91. The first kappa shape index (κ1) is 23.0. The van der Waals surface area contributed by atoms with Gasteiger partial charge in [0.15, 0.2) is 0 Å². The van der Waals surface area contributed by atoms with Crippen LogP contribution < -0.4 is 16.5 Å². The summed E-state index contributed by atoms with van der Waals surface area (Å²) in [5.74, 6) is -1.64. The molecule has 3 aromatic rings. The van der Waals surface area contributed by atoms with Crippen molar-refractivity contribution < 1.29 is 18.5 Å². The molecule has 35 heavy (non-hydrogen) atoms. The van der Waals surface area contributed by atoms with Crippen LogP contribution in [0, 0.1) is 17.9 Å². The number of nitrogens with zero attached hydrogens (tertiary/aromatic N) is 3. The Hall–Kier alpha value is -3.80. The number of likely N-dealkylation sites (tertiary alicyclic amines) is 1. The molecule has 1 aromatic heterocycles. The topological polar surface area (TPSA) is 140 Å². The number of halogens is 1. The van der Waals surface area contributed by atoms with Gasteiger partial charge < -0.3 is 31.1 Å². The lowest BCUT2D eigenvalue weighted by Crippen LogP contribution is -2.53. The summed E-state index contributed by atoms with van der Waals surface area (Å²) in [5, 5.41) is 20.0. The zero-order valence-corrected chi connectivity index (χ0v) is 18.9. The fourth-order valence-electron chi connectivity index (χ4n) is 4.82. The number of carbonyl (C=O) groups excluding carboxylic acids is 2. The highest BCUT2D eigenvalue weighted by molar-refractivity contribution is 5.95. The van der Waals surface area contributed by atoms with Crippen LogP contribution in [-0.4, -0.2) is 45.8 Å². The van der Waals surface area contributed by atoms with E-state index >= 15 is 0 Å². The van der Waals surface area contributed by atoms with Crippen LogP contribution in [0.25, 0.3) is 0 Å². The van der Waals surface area contributed by atoms with Crippen LogP contribution in [0.4, 0.5) is 10.1 Å². The van der Waals surface area contributed by atoms with E-state index in [1.807, 2.05) is 18.2 Å². The van der Waals surface area contributed by atoms with Gasteiger partial charge in [0.1, 0.15) is 11.9 Å². The third-order valence-corrected chi connectivity index (χ3v) is 6.49. The number of hydroxylamine groups is 1. The maximum Gasteiger partial charge on any atom is 0.290 e. The Morgan fingerprint density at radius 1 is 1.31 bits per heavy atom. The number of hydrazine groups is 1. The highest BCUT2D eigenvalue weighted by Crippen LogP contribution is 2.47. The van der Waals surface area contributed by atoms with Crippen molar-refractivity contribution in [3.63, 3.8) is 0 Å². The molecule has 3 heterocycles. The number of carbonyl (C=O) groups is 2. The second-order valence-electron chi connectivity index (χ2n) is 8.91. The number of amides is 2. The number of aryl methyl sites for hydroxylation is 1. The van der Waals surface area contributed by atoms with Gasteiger partial charge in [0.25, 0.3) is 5.91 Å². The fourth-order valence-corrected chi connectivity index (χ4v) is 4.82. The van der Waals surface area contributed by atoms with Crippen LogP contribution in [0.2, 0.25) is 0 Å². The molecule has 3 atom stereocenters. The number of para-hydroxylation sites is 1. The Labute approximate surface area is 200 Å². The standard InChI is InChI=1S/C24H24FN6O4/c1-14-9-20(35-29-14)22(32)27-19(11-15-5-4-6-16(25)10-15)23(33)30-13-24(12-21(30)26)17-7-2-3-8-18(17)28-31(24)34/h2-10,19,21,28H,11-13,26H2,1H3,(H,27,32)/q-1/t19-,21-,24-/m0/s1. The lowest BCUT2D eigenvalue weighted by molar-refractivity contribution is -0.134. The molecule has 2 aromatic carbocycles. The highest BCUT2D eigenvalue weighted by Gasteiger charge is 2.51. The van der Waals surface area contributed by atoms with E-state index in [-0.39, 0.29) is 25.1 Å². The molecule has 1 saturated heterocycles. The van der Waals surface area contributed by atoms with Crippen LogP contribution in [0.15, 0.2) is 59.1 Å². The van der Waals surface area contributed by atoms with Gasteiger partial charge in [-0.05, 0) is 36.2 Å². The molecule has 11 heteroatoms. The van der Waals surface area contributed by atoms with E-state index in [4.69, 9.17) is 10.3 Å². The zero-order chi connectivity index (χ0) is 24.7. The van der Waals surface area contributed by atoms with Crippen molar-refractivity contribution in [3.05, 3.63) is 88.2 Å². The van der Waals surface area contributed by atoms with Crippen molar-refractivity contribution in [1.82, 2.24) is 20.5 Å². The van der Waals surface area contributed by atoms with Crippen molar-refractivity contribution in [2.24, 2.45) is 5.73 Å². The largest absolute Gasteiger partial charge is 0.767 e. The van der Waals surface area contributed by atoms with Crippen molar-refractivity contribution in [1.29, 1.82) is 0 Å². The van der Waals surface area contributed by atoms with Crippen molar-refractivity contribution in [3.8, 4) is 0 Å². The molecule has 1 spiro atoms. The molecule has 2 aliphatic rings.